The standard InChI is InChI=1S/C19H22N2O4/c1-24-14-8-9-15(17(12-14)25-2)16-6-5-11-21(16)19(23)13-20-10-4-3-7-18(20)22/h3-4,7-10,12,16H,5-6,11,13H2,1-2H3/t16-/m1/s1. The van der Waals surface area contributed by atoms with Crippen LogP contribution in [0.1, 0.15) is 24.4 Å². The van der Waals surface area contributed by atoms with Gasteiger partial charge in [0.25, 0.3) is 5.56 Å². The van der Waals surface area contributed by atoms with Crippen LogP contribution in [-0.2, 0) is 11.3 Å². The van der Waals surface area contributed by atoms with Gasteiger partial charge in [0.1, 0.15) is 18.0 Å². The Morgan fingerprint density at radius 2 is 2.04 bits per heavy atom. The number of carbonyl (C=O) groups excluding carboxylic acids is 1. The van der Waals surface area contributed by atoms with Gasteiger partial charge in [0.05, 0.1) is 20.3 Å². The molecule has 1 amide bonds. The molecule has 1 aromatic carbocycles. The number of amides is 1. The van der Waals surface area contributed by atoms with Crippen molar-refractivity contribution in [3.63, 3.8) is 0 Å². The highest BCUT2D eigenvalue weighted by molar-refractivity contribution is 5.77. The molecule has 0 bridgehead atoms. The normalized spacial score (nSPS) is 16.7. The summed E-state index contributed by atoms with van der Waals surface area (Å²) in [4.78, 5) is 26.5. The van der Waals surface area contributed by atoms with E-state index in [1.807, 2.05) is 23.1 Å². The van der Waals surface area contributed by atoms with Gasteiger partial charge in [0, 0.05) is 30.4 Å². The molecule has 0 radical (unpaired) electrons. The Labute approximate surface area is 146 Å². The monoisotopic (exact) mass is 342 g/mol. The lowest BCUT2D eigenvalue weighted by Gasteiger charge is -2.27. The highest BCUT2D eigenvalue weighted by Crippen LogP contribution is 2.38. The van der Waals surface area contributed by atoms with Crippen LogP contribution in [0, 0.1) is 0 Å². The molecule has 6 nitrogen and oxygen atoms in total. The molecule has 3 rings (SSSR count). The summed E-state index contributed by atoms with van der Waals surface area (Å²) in [6.45, 7) is 0.731. The van der Waals surface area contributed by atoms with E-state index in [0.717, 1.165) is 18.4 Å². The van der Waals surface area contributed by atoms with E-state index in [1.165, 1.54) is 10.6 Å². The van der Waals surface area contributed by atoms with Gasteiger partial charge < -0.3 is 18.9 Å². The molecule has 0 saturated carbocycles. The van der Waals surface area contributed by atoms with Crippen LogP contribution in [0.25, 0.3) is 0 Å². The Bertz CT molecular complexity index is 815. The first kappa shape index (κ1) is 17.1. The van der Waals surface area contributed by atoms with Crippen molar-refractivity contribution in [1.82, 2.24) is 9.47 Å². The zero-order valence-corrected chi connectivity index (χ0v) is 14.5. The summed E-state index contributed by atoms with van der Waals surface area (Å²) >= 11 is 0. The van der Waals surface area contributed by atoms with E-state index >= 15 is 0 Å². The van der Waals surface area contributed by atoms with Gasteiger partial charge in [-0.2, -0.15) is 0 Å². The Hall–Kier alpha value is -2.76. The van der Waals surface area contributed by atoms with Crippen molar-refractivity contribution < 1.29 is 14.3 Å². The molecule has 1 aromatic heterocycles. The second-order valence-electron chi connectivity index (χ2n) is 6.02. The highest BCUT2D eigenvalue weighted by atomic mass is 16.5. The average Bonchev–Trinajstić information content (AvgIpc) is 3.12. The van der Waals surface area contributed by atoms with Crippen LogP contribution >= 0.6 is 0 Å². The number of benzene rings is 1. The van der Waals surface area contributed by atoms with Crippen molar-refractivity contribution in [3.05, 3.63) is 58.5 Å². The number of hydrogen-bond acceptors (Lipinski definition) is 4. The lowest BCUT2D eigenvalue weighted by Crippen LogP contribution is -2.36. The molecule has 132 valence electrons. The van der Waals surface area contributed by atoms with Gasteiger partial charge in [-0.3, -0.25) is 9.59 Å². The van der Waals surface area contributed by atoms with E-state index < -0.39 is 0 Å². The van der Waals surface area contributed by atoms with Crippen molar-refractivity contribution in [1.29, 1.82) is 0 Å². The molecular weight excluding hydrogens is 320 g/mol. The summed E-state index contributed by atoms with van der Waals surface area (Å²) in [5.41, 5.74) is 0.795. The van der Waals surface area contributed by atoms with Gasteiger partial charge in [-0.05, 0) is 31.0 Å². The lowest BCUT2D eigenvalue weighted by atomic mass is 10.0. The van der Waals surface area contributed by atoms with Crippen LogP contribution in [-0.4, -0.2) is 36.1 Å². The van der Waals surface area contributed by atoms with Crippen molar-refractivity contribution >= 4 is 5.91 Å². The molecule has 1 atom stereocenters. The molecule has 0 N–H and O–H groups in total. The zero-order valence-electron chi connectivity index (χ0n) is 14.5. The van der Waals surface area contributed by atoms with Gasteiger partial charge in [-0.15, -0.1) is 0 Å². The van der Waals surface area contributed by atoms with Gasteiger partial charge >= 0.3 is 0 Å². The lowest BCUT2D eigenvalue weighted by molar-refractivity contribution is -0.132. The molecule has 1 fully saturated rings. The fraction of sp³-hybridized carbons (Fsp3) is 0.368. The smallest absolute Gasteiger partial charge is 0.250 e. The molecule has 6 heteroatoms. The average molecular weight is 342 g/mol. The Morgan fingerprint density at radius 3 is 2.76 bits per heavy atom. The minimum absolute atomic E-state index is 0.0484. The summed E-state index contributed by atoms with van der Waals surface area (Å²) < 4.78 is 12.2. The molecule has 0 spiro atoms. The number of methoxy groups -OCH3 is 2. The van der Waals surface area contributed by atoms with Crippen LogP contribution in [0.3, 0.4) is 0 Å². The minimum atomic E-state index is -0.173. The van der Waals surface area contributed by atoms with Crippen LogP contribution in [0.2, 0.25) is 0 Å². The second kappa shape index (κ2) is 7.42. The third-order valence-electron chi connectivity index (χ3n) is 4.58. The van der Waals surface area contributed by atoms with Crippen LogP contribution < -0.4 is 15.0 Å². The van der Waals surface area contributed by atoms with Crippen molar-refractivity contribution in [2.45, 2.75) is 25.4 Å². The molecule has 0 aliphatic carbocycles. The largest absolute Gasteiger partial charge is 0.497 e. The molecule has 1 aliphatic rings. The molecule has 25 heavy (non-hydrogen) atoms. The van der Waals surface area contributed by atoms with E-state index in [-0.39, 0.29) is 24.1 Å². The second-order valence-corrected chi connectivity index (χ2v) is 6.02. The summed E-state index contributed by atoms with van der Waals surface area (Å²) in [5, 5.41) is 0. The van der Waals surface area contributed by atoms with Crippen molar-refractivity contribution in [2.75, 3.05) is 20.8 Å². The predicted octanol–water partition coefficient (Wildman–Crippen LogP) is 2.23. The number of likely N-dealkylation sites (tertiary alicyclic amines) is 1. The summed E-state index contributed by atoms with van der Waals surface area (Å²) in [6.07, 6.45) is 3.44. The van der Waals surface area contributed by atoms with E-state index in [4.69, 9.17) is 9.47 Å². The number of rotatable bonds is 5. The van der Waals surface area contributed by atoms with Crippen molar-refractivity contribution in [3.8, 4) is 11.5 Å². The third-order valence-corrected chi connectivity index (χ3v) is 4.58. The van der Waals surface area contributed by atoms with E-state index in [1.54, 1.807) is 32.5 Å². The molecular formula is C19H22N2O4. The summed E-state index contributed by atoms with van der Waals surface area (Å²) in [6, 6.07) is 10.5. The zero-order chi connectivity index (χ0) is 17.8. The van der Waals surface area contributed by atoms with E-state index in [9.17, 15) is 9.59 Å². The van der Waals surface area contributed by atoms with Crippen molar-refractivity contribution in [2.24, 2.45) is 0 Å². The number of nitrogens with zero attached hydrogens (tertiary/aromatic N) is 2. The summed E-state index contributed by atoms with van der Waals surface area (Å²) in [5.74, 6) is 1.36. The first-order valence-electron chi connectivity index (χ1n) is 8.31. The summed E-state index contributed by atoms with van der Waals surface area (Å²) in [7, 11) is 3.22. The van der Waals surface area contributed by atoms with Crippen LogP contribution in [0.5, 0.6) is 11.5 Å². The first-order chi connectivity index (χ1) is 12.1. The first-order valence-corrected chi connectivity index (χ1v) is 8.31. The SMILES string of the molecule is COc1ccc([C@H]2CCCN2C(=O)Cn2ccccc2=O)c(OC)c1. The molecule has 2 aromatic rings. The topological polar surface area (TPSA) is 60.8 Å². The highest BCUT2D eigenvalue weighted by Gasteiger charge is 2.32. The van der Waals surface area contributed by atoms with Gasteiger partial charge in [0.2, 0.25) is 5.91 Å². The van der Waals surface area contributed by atoms with Gasteiger partial charge in [-0.1, -0.05) is 6.07 Å². The number of pyridine rings is 1. The number of hydrogen-bond donors (Lipinski definition) is 0. The van der Waals surface area contributed by atoms with Crippen LogP contribution in [0.15, 0.2) is 47.4 Å². The molecule has 1 aliphatic heterocycles. The Morgan fingerprint density at radius 1 is 1.20 bits per heavy atom. The van der Waals surface area contributed by atoms with E-state index in [2.05, 4.69) is 0 Å². The number of carbonyl (C=O) groups is 1. The van der Waals surface area contributed by atoms with Gasteiger partial charge in [0.15, 0.2) is 0 Å². The fourth-order valence-corrected chi connectivity index (χ4v) is 3.31. The predicted molar refractivity (Wildman–Crippen MR) is 93.9 cm³/mol. The molecule has 2 heterocycles. The van der Waals surface area contributed by atoms with E-state index in [0.29, 0.717) is 18.0 Å². The minimum Gasteiger partial charge on any atom is -0.497 e. The molecule has 1 saturated heterocycles. The maximum Gasteiger partial charge on any atom is 0.250 e. The fourth-order valence-electron chi connectivity index (χ4n) is 3.31. The maximum absolute atomic E-state index is 12.8. The quantitative estimate of drug-likeness (QED) is 0.836. The Kier molecular flexibility index (Phi) is 5.07. The molecule has 0 unspecified atom stereocenters. The third kappa shape index (κ3) is 3.52. The maximum atomic E-state index is 12.8. The number of aromatic nitrogens is 1. The van der Waals surface area contributed by atoms with Crippen LogP contribution in [0.4, 0.5) is 0 Å². The number of ether oxygens (including phenoxy) is 2. The van der Waals surface area contributed by atoms with Gasteiger partial charge in [-0.25, -0.2) is 0 Å². The Balaban J connectivity index is 1.84.